The highest BCUT2D eigenvalue weighted by Gasteiger charge is 2.27. The van der Waals surface area contributed by atoms with Crippen molar-refractivity contribution >= 4 is 51.6 Å². The van der Waals surface area contributed by atoms with Crippen molar-refractivity contribution in [3.8, 4) is 11.3 Å². The second kappa shape index (κ2) is 12.6. The second-order valence-electron chi connectivity index (χ2n) is 8.89. The lowest BCUT2D eigenvalue weighted by atomic mass is 10.0. The van der Waals surface area contributed by atoms with E-state index in [9.17, 15) is 9.59 Å². The van der Waals surface area contributed by atoms with Crippen LogP contribution >= 0.6 is 34.7 Å². The molecule has 2 aromatic heterocycles. The Kier molecular flexibility index (Phi) is 9.19. The average molecular weight is 569 g/mol. The standard InChI is InChI=1S/C27H29ClN6O2S2/c1-5-34-24(22(16(2)3)30-25(36)19-13-9-10-14-20(19)28)32-33-27(34)37-15-21(35)29-26-31-23(17(4)38-26)18-11-7-6-8-12-18/h6-14,16,22H,5,15H2,1-4H3,(H,30,36)(H,29,31,35)/t22-/m0/s1. The van der Waals surface area contributed by atoms with E-state index in [0.29, 0.717) is 33.2 Å². The molecule has 0 aliphatic heterocycles. The zero-order chi connectivity index (χ0) is 27.2. The molecule has 38 heavy (non-hydrogen) atoms. The Balaban J connectivity index is 1.43. The summed E-state index contributed by atoms with van der Waals surface area (Å²) < 4.78 is 1.93. The van der Waals surface area contributed by atoms with Crippen LogP contribution in [0.1, 0.15) is 47.9 Å². The molecule has 0 saturated carbocycles. The highest BCUT2D eigenvalue weighted by molar-refractivity contribution is 7.99. The van der Waals surface area contributed by atoms with Gasteiger partial charge in [-0.3, -0.25) is 9.59 Å². The number of aromatic nitrogens is 4. The number of amides is 2. The van der Waals surface area contributed by atoms with E-state index < -0.39 is 0 Å². The van der Waals surface area contributed by atoms with Crippen molar-refractivity contribution in [2.75, 3.05) is 11.1 Å². The van der Waals surface area contributed by atoms with Gasteiger partial charge in [-0.05, 0) is 31.9 Å². The summed E-state index contributed by atoms with van der Waals surface area (Å²) in [5.41, 5.74) is 2.29. The Bertz CT molecular complexity index is 1420. The Hall–Kier alpha value is -3.21. The molecule has 4 aromatic rings. The molecule has 11 heteroatoms. The molecule has 0 spiro atoms. The first-order chi connectivity index (χ1) is 18.3. The summed E-state index contributed by atoms with van der Waals surface area (Å²) >= 11 is 8.96. The minimum absolute atomic E-state index is 0.0454. The van der Waals surface area contributed by atoms with E-state index in [1.54, 1.807) is 24.3 Å². The van der Waals surface area contributed by atoms with Crippen molar-refractivity contribution in [2.45, 2.75) is 45.4 Å². The number of thiazole rings is 1. The van der Waals surface area contributed by atoms with Crippen LogP contribution in [0.2, 0.25) is 5.02 Å². The number of carbonyl (C=O) groups is 2. The first-order valence-electron chi connectivity index (χ1n) is 12.2. The molecule has 1 atom stereocenters. The van der Waals surface area contributed by atoms with Gasteiger partial charge in [0.2, 0.25) is 5.91 Å². The molecular formula is C27H29ClN6O2S2. The highest BCUT2D eigenvalue weighted by Crippen LogP contribution is 2.31. The summed E-state index contributed by atoms with van der Waals surface area (Å²) in [5, 5.41) is 16.2. The average Bonchev–Trinajstić information content (AvgIpc) is 3.48. The van der Waals surface area contributed by atoms with Gasteiger partial charge in [0.05, 0.1) is 28.1 Å². The number of hydrogen-bond donors (Lipinski definition) is 2. The number of nitrogens with one attached hydrogen (secondary N) is 2. The maximum atomic E-state index is 12.9. The summed E-state index contributed by atoms with van der Waals surface area (Å²) in [6.45, 7) is 8.57. The van der Waals surface area contributed by atoms with Crippen LogP contribution in [0.15, 0.2) is 59.8 Å². The van der Waals surface area contributed by atoms with Crippen LogP contribution in [0.3, 0.4) is 0 Å². The van der Waals surface area contributed by atoms with Crippen LogP contribution in [-0.4, -0.2) is 37.3 Å². The van der Waals surface area contributed by atoms with Crippen LogP contribution in [0.5, 0.6) is 0 Å². The van der Waals surface area contributed by atoms with Gasteiger partial charge in [-0.1, -0.05) is 79.7 Å². The minimum Gasteiger partial charge on any atom is -0.342 e. The van der Waals surface area contributed by atoms with Gasteiger partial charge < -0.3 is 15.2 Å². The third-order valence-electron chi connectivity index (χ3n) is 5.83. The van der Waals surface area contributed by atoms with Crippen molar-refractivity contribution in [2.24, 2.45) is 5.92 Å². The molecule has 0 saturated heterocycles. The molecule has 0 aliphatic rings. The number of nitrogens with zero attached hydrogens (tertiary/aromatic N) is 4. The third-order valence-corrected chi connectivity index (χ3v) is 8.02. The largest absolute Gasteiger partial charge is 0.342 e. The fourth-order valence-electron chi connectivity index (χ4n) is 3.93. The first-order valence-corrected chi connectivity index (χ1v) is 14.4. The summed E-state index contributed by atoms with van der Waals surface area (Å²) in [5.74, 6) is 0.374. The van der Waals surface area contributed by atoms with E-state index in [4.69, 9.17) is 11.6 Å². The van der Waals surface area contributed by atoms with Crippen LogP contribution in [0, 0.1) is 12.8 Å². The fourth-order valence-corrected chi connectivity index (χ4v) is 5.81. The van der Waals surface area contributed by atoms with Gasteiger partial charge >= 0.3 is 0 Å². The summed E-state index contributed by atoms with van der Waals surface area (Å²) in [6.07, 6.45) is 0. The number of thioether (sulfide) groups is 1. The Morgan fingerprint density at radius 3 is 2.47 bits per heavy atom. The van der Waals surface area contributed by atoms with Crippen molar-refractivity contribution in [3.63, 3.8) is 0 Å². The lowest BCUT2D eigenvalue weighted by Crippen LogP contribution is -2.34. The van der Waals surface area contributed by atoms with E-state index in [1.165, 1.54) is 23.1 Å². The molecule has 2 aromatic carbocycles. The van der Waals surface area contributed by atoms with E-state index in [2.05, 4.69) is 25.8 Å². The van der Waals surface area contributed by atoms with Crippen LogP contribution < -0.4 is 10.6 Å². The molecule has 2 heterocycles. The van der Waals surface area contributed by atoms with Gasteiger partial charge in [-0.25, -0.2) is 4.98 Å². The molecular weight excluding hydrogens is 540 g/mol. The van der Waals surface area contributed by atoms with E-state index in [1.807, 2.05) is 62.6 Å². The monoisotopic (exact) mass is 568 g/mol. The predicted octanol–water partition coefficient (Wildman–Crippen LogP) is 6.24. The van der Waals surface area contributed by atoms with E-state index in [-0.39, 0.29) is 29.5 Å². The zero-order valence-electron chi connectivity index (χ0n) is 21.6. The molecule has 0 radical (unpaired) electrons. The molecule has 0 fully saturated rings. The Morgan fingerprint density at radius 1 is 1.08 bits per heavy atom. The maximum Gasteiger partial charge on any atom is 0.253 e. The summed E-state index contributed by atoms with van der Waals surface area (Å²) in [6, 6.07) is 16.4. The molecule has 0 bridgehead atoms. The van der Waals surface area contributed by atoms with Gasteiger partial charge in [0.25, 0.3) is 5.91 Å². The smallest absolute Gasteiger partial charge is 0.253 e. The molecule has 198 valence electrons. The summed E-state index contributed by atoms with van der Waals surface area (Å²) in [7, 11) is 0. The van der Waals surface area contributed by atoms with E-state index in [0.717, 1.165) is 16.1 Å². The van der Waals surface area contributed by atoms with Crippen LogP contribution in [0.25, 0.3) is 11.3 Å². The van der Waals surface area contributed by atoms with Crippen molar-refractivity contribution in [1.82, 2.24) is 25.1 Å². The van der Waals surface area contributed by atoms with Gasteiger partial charge in [0.15, 0.2) is 16.1 Å². The van der Waals surface area contributed by atoms with Crippen LogP contribution in [0.4, 0.5) is 5.13 Å². The number of anilines is 1. The van der Waals surface area contributed by atoms with Crippen LogP contribution in [-0.2, 0) is 11.3 Å². The fraction of sp³-hybridized carbons (Fsp3) is 0.296. The topological polar surface area (TPSA) is 102 Å². The maximum absolute atomic E-state index is 12.9. The summed E-state index contributed by atoms with van der Waals surface area (Å²) in [4.78, 5) is 31.3. The number of halogens is 1. The first kappa shape index (κ1) is 27.8. The lowest BCUT2D eigenvalue weighted by Gasteiger charge is -2.22. The minimum atomic E-state index is -0.385. The molecule has 8 nitrogen and oxygen atoms in total. The second-order valence-corrected chi connectivity index (χ2v) is 11.4. The normalized spacial score (nSPS) is 11.9. The number of rotatable bonds is 10. The predicted molar refractivity (Wildman–Crippen MR) is 154 cm³/mol. The van der Waals surface area contributed by atoms with Crippen molar-refractivity contribution in [1.29, 1.82) is 0 Å². The van der Waals surface area contributed by atoms with Gasteiger partial charge in [0, 0.05) is 17.0 Å². The SMILES string of the molecule is CCn1c(SCC(=O)Nc2nc(-c3ccccc3)c(C)s2)nnc1[C@@H](NC(=O)c1ccccc1Cl)C(C)C. The third kappa shape index (κ3) is 6.43. The number of benzene rings is 2. The molecule has 2 N–H and O–H groups in total. The number of carbonyl (C=O) groups excluding carboxylic acids is 2. The van der Waals surface area contributed by atoms with Crippen molar-refractivity contribution in [3.05, 3.63) is 75.9 Å². The van der Waals surface area contributed by atoms with Gasteiger partial charge in [-0.15, -0.1) is 21.5 Å². The highest BCUT2D eigenvalue weighted by atomic mass is 35.5. The van der Waals surface area contributed by atoms with Gasteiger partial charge in [0.1, 0.15) is 0 Å². The zero-order valence-corrected chi connectivity index (χ0v) is 24.0. The Labute approximate surface area is 235 Å². The quantitative estimate of drug-likeness (QED) is 0.219. The van der Waals surface area contributed by atoms with Gasteiger partial charge in [-0.2, -0.15) is 0 Å². The Morgan fingerprint density at radius 2 is 1.79 bits per heavy atom. The van der Waals surface area contributed by atoms with Crippen molar-refractivity contribution < 1.29 is 9.59 Å². The number of aryl methyl sites for hydroxylation is 1. The molecule has 0 aliphatic carbocycles. The molecule has 2 amide bonds. The lowest BCUT2D eigenvalue weighted by molar-refractivity contribution is -0.113. The molecule has 0 unspecified atom stereocenters. The number of hydrogen-bond acceptors (Lipinski definition) is 7. The molecule has 4 rings (SSSR count). The van der Waals surface area contributed by atoms with E-state index >= 15 is 0 Å².